The number of benzene rings is 1. The summed E-state index contributed by atoms with van der Waals surface area (Å²) >= 11 is 0. The Hall–Kier alpha value is -2.10. The van der Waals surface area contributed by atoms with Crippen LogP contribution < -0.4 is 0 Å². The van der Waals surface area contributed by atoms with Gasteiger partial charge >= 0.3 is 0 Å². The van der Waals surface area contributed by atoms with Crippen LogP contribution >= 0.6 is 0 Å². The highest BCUT2D eigenvalue weighted by Gasteiger charge is 2.31. The van der Waals surface area contributed by atoms with Crippen LogP contribution in [0.3, 0.4) is 0 Å². The van der Waals surface area contributed by atoms with Gasteiger partial charge in [0.05, 0.1) is 11.5 Å². The van der Waals surface area contributed by atoms with Crippen molar-refractivity contribution in [3.05, 3.63) is 47.5 Å². The Labute approximate surface area is 164 Å². The Kier molecular flexibility index (Phi) is 6.03. The van der Waals surface area contributed by atoms with Crippen LogP contribution in [0.2, 0.25) is 0 Å². The highest BCUT2D eigenvalue weighted by atomic mass is 16.2. The topological polar surface area (TPSA) is 35.9 Å². The van der Waals surface area contributed by atoms with Crippen molar-refractivity contribution in [2.45, 2.75) is 58.5 Å². The van der Waals surface area contributed by atoms with Crippen molar-refractivity contribution in [3.63, 3.8) is 0 Å². The van der Waals surface area contributed by atoms with Crippen LogP contribution in [0.15, 0.2) is 47.0 Å². The number of aliphatic imine (C=N–C) groups is 1. The molecule has 0 spiro atoms. The van der Waals surface area contributed by atoms with Gasteiger partial charge in [0.2, 0.25) is 5.91 Å². The largest absolute Gasteiger partial charge is 0.355 e. The summed E-state index contributed by atoms with van der Waals surface area (Å²) in [6, 6.07) is 10.6. The monoisotopic (exact) mass is 367 g/mol. The molecule has 1 amide bonds. The van der Waals surface area contributed by atoms with E-state index in [-0.39, 0.29) is 17.4 Å². The number of amides is 1. The summed E-state index contributed by atoms with van der Waals surface area (Å²) in [5, 5.41) is 0. The third-order valence-electron chi connectivity index (χ3n) is 5.61. The van der Waals surface area contributed by atoms with E-state index in [0.717, 1.165) is 30.9 Å². The minimum atomic E-state index is -0.0730. The molecular formula is C23H33N3O. The zero-order chi connectivity index (χ0) is 19.4. The van der Waals surface area contributed by atoms with Gasteiger partial charge in [0.15, 0.2) is 0 Å². The van der Waals surface area contributed by atoms with Gasteiger partial charge in [-0.3, -0.25) is 9.79 Å². The lowest BCUT2D eigenvalue weighted by atomic mass is 9.95. The molecule has 1 unspecified atom stereocenters. The number of likely N-dealkylation sites (N-methyl/N-ethyl adjacent to an activating group) is 1. The summed E-state index contributed by atoms with van der Waals surface area (Å²) in [7, 11) is 1.90. The molecule has 0 aromatic heterocycles. The lowest BCUT2D eigenvalue weighted by Gasteiger charge is -2.36. The molecule has 0 radical (unpaired) electrons. The average molecular weight is 368 g/mol. The first-order valence-corrected chi connectivity index (χ1v) is 10.2. The average Bonchev–Trinajstić information content (AvgIpc) is 2.70. The molecule has 0 saturated carbocycles. The summed E-state index contributed by atoms with van der Waals surface area (Å²) in [6.45, 7) is 9.01. The van der Waals surface area contributed by atoms with Crippen molar-refractivity contribution >= 4 is 11.7 Å². The molecule has 2 aliphatic rings. The normalized spacial score (nSPS) is 23.9. The lowest BCUT2D eigenvalue weighted by Crippen LogP contribution is -2.45. The van der Waals surface area contributed by atoms with Crippen LogP contribution in [-0.2, 0) is 11.3 Å². The molecule has 4 heteroatoms. The quantitative estimate of drug-likeness (QED) is 0.800. The van der Waals surface area contributed by atoms with Crippen molar-refractivity contribution in [1.82, 2.24) is 9.80 Å². The molecule has 4 nitrogen and oxygen atoms in total. The van der Waals surface area contributed by atoms with E-state index in [1.54, 1.807) is 0 Å². The van der Waals surface area contributed by atoms with Crippen LogP contribution in [0.4, 0.5) is 0 Å². The number of carbonyl (C=O) groups excluding carboxylic acids is 1. The number of amidine groups is 1. The molecule has 0 N–H and O–H groups in total. The first kappa shape index (κ1) is 19.7. The smallest absolute Gasteiger partial charge is 0.248 e. The summed E-state index contributed by atoms with van der Waals surface area (Å²) in [4.78, 5) is 21.8. The highest BCUT2D eigenvalue weighted by molar-refractivity contribution is 5.97. The van der Waals surface area contributed by atoms with Gasteiger partial charge in [-0.05, 0) is 39.2 Å². The zero-order valence-electron chi connectivity index (χ0n) is 17.2. The van der Waals surface area contributed by atoms with Crippen molar-refractivity contribution in [2.75, 3.05) is 20.1 Å². The minimum absolute atomic E-state index is 0.0730. The van der Waals surface area contributed by atoms with Crippen molar-refractivity contribution in [2.24, 2.45) is 10.9 Å². The SMILES string of the molecule is CC1=CC(C2=NC(C)(C)CCCCCN2Cc2ccccc2)CN(C)C1=O. The molecule has 1 aromatic rings. The molecule has 2 heterocycles. The van der Waals surface area contributed by atoms with Crippen molar-refractivity contribution in [3.8, 4) is 0 Å². The Morgan fingerprint density at radius 1 is 1.15 bits per heavy atom. The van der Waals surface area contributed by atoms with E-state index in [1.807, 2.05) is 18.9 Å². The van der Waals surface area contributed by atoms with E-state index < -0.39 is 0 Å². The van der Waals surface area contributed by atoms with Gasteiger partial charge in [0, 0.05) is 32.3 Å². The second-order valence-electron chi connectivity index (χ2n) is 8.64. The molecule has 27 heavy (non-hydrogen) atoms. The first-order valence-electron chi connectivity index (χ1n) is 10.2. The Bertz CT molecular complexity index is 720. The van der Waals surface area contributed by atoms with E-state index in [1.165, 1.54) is 24.8 Å². The van der Waals surface area contributed by atoms with Gasteiger partial charge in [-0.2, -0.15) is 0 Å². The molecule has 0 aliphatic carbocycles. The number of hydrogen-bond acceptors (Lipinski definition) is 3. The Morgan fingerprint density at radius 3 is 2.59 bits per heavy atom. The van der Waals surface area contributed by atoms with Gasteiger partial charge in [-0.1, -0.05) is 49.2 Å². The van der Waals surface area contributed by atoms with Crippen LogP contribution in [0.25, 0.3) is 0 Å². The lowest BCUT2D eigenvalue weighted by molar-refractivity contribution is -0.126. The van der Waals surface area contributed by atoms with Crippen LogP contribution in [0.1, 0.15) is 52.0 Å². The van der Waals surface area contributed by atoms with E-state index >= 15 is 0 Å². The van der Waals surface area contributed by atoms with Gasteiger partial charge in [0.25, 0.3) is 0 Å². The zero-order valence-corrected chi connectivity index (χ0v) is 17.2. The molecule has 1 aromatic carbocycles. The van der Waals surface area contributed by atoms with Crippen molar-refractivity contribution < 1.29 is 4.79 Å². The fourth-order valence-electron chi connectivity index (χ4n) is 4.13. The van der Waals surface area contributed by atoms with Crippen LogP contribution in [0.5, 0.6) is 0 Å². The molecule has 3 rings (SSSR count). The summed E-state index contributed by atoms with van der Waals surface area (Å²) < 4.78 is 0. The number of rotatable bonds is 3. The first-order chi connectivity index (χ1) is 12.9. The molecular weight excluding hydrogens is 334 g/mol. The maximum absolute atomic E-state index is 12.2. The predicted octanol–water partition coefficient (Wildman–Crippen LogP) is 4.27. The van der Waals surface area contributed by atoms with Gasteiger partial charge in [-0.15, -0.1) is 0 Å². The molecule has 1 atom stereocenters. The number of nitrogens with zero attached hydrogens (tertiary/aromatic N) is 3. The van der Waals surface area contributed by atoms with E-state index in [4.69, 9.17) is 4.99 Å². The minimum Gasteiger partial charge on any atom is -0.355 e. The standard InChI is InChI=1S/C23H33N3O/c1-18-15-20(17-25(4)22(18)27)21-24-23(2,3)13-9-6-10-14-26(21)16-19-11-7-5-8-12-19/h5,7-8,11-12,15,20H,6,9-10,13-14,16-17H2,1-4H3. The maximum atomic E-state index is 12.2. The predicted molar refractivity (Wildman–Crippen MR) is 112 cm³/mol. The molecule has 146 valence electrons. The Balaban J connectivity index is 1.98. The number of hydrogen-bond donors (Lipinski definition) is 0. The van der Waals surface area contributed by atoms with Gasteiger partial charge < -0.3 is 9.80 Å². The molecule has 2 aliphatic heterocycles. The molecule has 0 fully saturated rings. The summed E-state index contributed by atoms with van der Waals surface area (Å²) in [5.74, 6) is 1.43. The summed E-state index contributed by atoms with van der Waals surface area (Å²) in [5.41, 5.74) is 2.06. The third kappa shape index (κ3) is 5.00. The number of carbonyl (C=O) groups is 1. The van der Waals surface area contributed by atoms with Crippen molar-refractivity contribution in [1.29, 1.82) is 0 Å². The fraction of sp³-hybridized carbons (Fsp3) is 0.565. The Morgan fingerprint density at radius 2 is 1.89 bits per heavy atom. The van der Waals surface area contributed by atoms with E-state index in [0.29, 0.717) is 6.54 Å². The fourth-order valence-corrected chi connectivity index (χ4v) is 4.13. The van der Waals surface area contributed by atoms with E-state index in [2.05, 4.69) is 55.2 Å². The highest BCUT2D eigenvalue weighted by Crippen LogP contribution is 2.27. The van der Waals surface area contributed by atoms with Crippen LogP contribution in [0, 0.1) is 5.92 Å². The third-order valence-corrected chi connectivity index (χ3v) is 5.61. The van der Waals surface area contributed by atoms with E-state index in [9.17, 15) is 4.79 Å². The second-order valence-corrected chi connectivity index (χ2v) is 8.64. The molecule has 0 bridgehead atoms. The van der Waals surface area contributed by atoms with Gasteiger partial charge in [0.1, 0.15) is 5.84 Å². The maximum Gasteiger partial charge on any atom is 0.248 e. The van der Waals surface area contributed by atoms with Crippen LogP contribution in [-0.4, -0.2) is 47.2 Å². The summed E-state index contributed by atoms with van der Waals surface area (Å²) in [6.07, 6.45) is 6.90. The second kappa shape index (κ2) is 8.28. The molecule has 0 saturated heterocycles. The van der Waals surface area contributed by atoms with Gasteiger partial charge in [-0.25, -0.2) is 0 Å².